The van der Waals surface area contributed by atoms with Gasteiger partial charge < -0.3 is 19.0 Å². The molecule has 2 aromatic rings. The minimum Gasteiger partial charge on any atom is -0.491 e. The standard InChI is InChI=1S/C21H29ClN2O4/c1-17-2-5-21(28-17)15-24(9-8-23-10-12-26-13-11-23)14-19(25)16-27-20-6-3-18(22)4-7-20/h2-7,19,25H,8-16H2,1H3. The van der Waals surface area contributed by atoms with Gasteiger partial charge in [0.2, 0.25) is 0 Å². The largest absolute Gasteiger partial charge is 0.491 e. The first-order chi connectivity index (χ1) is 13.6. The summed E-state index contributed by atoms with van der Waals surface area (Å²) in [6.07, 6.45) is -0.601. The average Bonchev–Trinajstić information content (AvgIpc) is 3.11. The van der Waals surface area contributed by atoms with Gasteiger partial charge in [-0.15, -0.1) is 0 Å². The molecule has 0 saturated carbocycles. The predicted molar refractivity (Wildman–Crippen MR) is 109 cm³/mol. The van der Waals surface area contributed by atoms with Gasteiger partial charge in [0.25, 0.3) is 0 Å². The number of nitrogens with zero attached hydrogens (tertiary/aromatic N) is 2. The van der Waals surface area contributed by atoms with E-state index in [1.54, 1.807) is 24.3 Å². The molecule has 1 aliphatic rings. The van der Waals surface area contributed by atoms with E-state index < -0.39 is 6.10 Å². The lowest BCUT2D eigenvalue weighted by Crippen LogP contribution is -2.43. The van der Waals surface area contributed by atoms with E-state index in [2.05, 4.69) is 9.80 Å². The minimum absolute atomic E-state index is 0.229. The lowest BCUT2D eigenvalue weighted by Gasteiger charge is -2.30. The summed E-state index contributed by atoms with van der Waals surface area (Å²) in [5.41, 5.74) is 0. The second kappa shape index (κ2) is 10.8. The van der Waals surface area contributed by atoms with Crippen molar-refractivity contribution in [2.75, 3.05) is 52.5 Å². The molecule has 7 heteroatoms. The molecule has 0 radical (unpaired) electrons. The molecule has 28 heavy (non-hydrogen) atoms. The van der Waals surface area contributed by atoms with Crippen molar-refractivity contribution in [3.63, 3.8) is 0 Å². The number of morpholine rings is 1. The molecule has 2 heterocycles. The SMILES string of the molecule is Cc1ccc(CN(CCN2CCOCC2)CC(O)COc2ccc(Cl)cc2)o1. The van der Waals surface area contributed by atoms with Crippen LogP contribution in [0.2, 0.25) is 5.02 Å². The van der Waals surface area contributed by atoms with Crippen molar-refractivity contribution in [1.82, 2.24) is 9.80 Å². The number of benzene rings is 1. The Morgan fingerprint density at radius 1 is 1.18 bits per heavy atom. The Bertz CT molecular complexity index is 701. The Labute approximate surface area is 171 Å². The van der Waals surface area contributed by atoms with Crippen molar-refractivity contribution in [3.8, 4) is 5.75 Å². The van der Waals surface area contributed by atoms with Crippen LogP contribution in [0.3, 0.4) is 0 Å². The van der Waals surface area contributed by atoms with Crippen LogP contribution in [0.15, 0.2) is 40.8 Å². The molecule has 1 fully saturated rings. The first-order valence-corrected chi connectivity index (χ1v) is 10.1. The Hall–Kier alpha value is -1.57. The van der Waals surface area contributed by atoms with E-state index in [1.807, 2.05) is 19.1 Å². The van der Waals surface area contributed by atoms with E-state index in [9.17, 15) is 5.11 Å². The molecule has 6 nitrogen and oxygen atoms in total. The normalized spacial score (nSPS) is 16.4. The van der Waals surface area contributed by atoms with Crippen LogP contribution >= 0.6 is 11.6 Å². The number of aliphatic hydroxyl groups excluding tert-OH is 1. The first kappa shape index (κ1) is 21.1. The molecule has 154 valence electrons. The maximum absolute atomic E-state index is 10.5. The van der Waals surface area contributed by atoms with Gasteiger partial charge in [0.05, 0.1) is 19.8 Å². The maximum atomic E-state index is 10.5. The van der Waals surface area contributed by atoms with Crippen molar-refractivity contribution in [3.05, 3.63) is 52.9 Å². The number of ether oxygens (including phenoxy) is 2. The summed E-state index contributed by atoms with van der Waals surface area (Å²) < 4.78 is 16.8. The van der Waals surface area contributed by atoms with Crippen LogP contribution in [0.25, 0.3) is 0 Å². The summed E-state index contributed by atoms with van der Waals surface area (Å²) in [4.78, 5) is 4.60. The van der Waals surface area contributed by atoms with Gasteiger partial charge in [-0.25, -0.2) is 0 Å². The number of furan rings is 1. The number of halogens is 1. The van der Waals surface area contributed by atoms with Gasteiger partial charge in [-0.3, -0.25) is 9.80 Å². The number of rotatable bonds is 10. The van der Waals surface area contributed by atoms with Crippen LogP contribution in [0, 0.1) is 6.92 Å². The molecule has 3 rings (SSSR count). The number of aliphatic hydroxyl groups is 1. The van der Waals surface area contributed by atoms with Gasteiger partial charge in [-0.1, -0.05) is 11.6 Å². The summed E-state index contributed by atoms with van der Waals surface area (Å²) in [6, 6.07) is 11.1. The van der Waals surface area contributed by atoms with E-state index in [1.165, 1.54) is 0 Å². The molecule has 1 unspecified atom stereocenters. The van der Waals surface area contributed by atoms with Crippen molar-refractivity contribution in [2.45, 2.75) is 19.6 Å². The molecule has 1 aliphatic heterocycles. The van der Waals surface area contributed by atoms with E-state index >= 15 is 0 Å². The lowest BCUT2D eigenvalue weighted by atomic mass is 10.3. The third-order valence-corrected chi connectivity index (χ3v) is 4.99. The maximum Gasteiger partial charge on any atom is 0.119 e. The summed E-state index contributed by atoms with van der Waals surface area (Å²) >= 11 is 5.89. The van der Waals surface area contributed by atoms with Crippen LogP contribution in [0.5, 0.6) is 5.75 Å². The molecule has 0 aliphatic carbocycles. The fourth-order valence-electron chi connectivity index (χ4n) is 3.21. The quantitative estimate of drug-likeness (QED) is 0.652. The lowest BCUT2D eigenvalue weighted by molar-refractivity contribution is 0.0247. The second-order valence-corrected chi connectivity index (χ2v) is 7.56. The van der Waals surface area contributed by atoms with Gasteiger partial charge in [0, 0.05) is 37.7 Å². The topological polar surface area (TPSA) is 58.3 Å². The zero-order chi connectivity index (χ0) is 19.8. The van der Waals surface area contributed by atoms with Crippen LogP contribution in [0.4, 0.5) is 0 Å². The number of hydrogen-bond donors (Lipinski definition) is 1. The molecular formula is C21H29ClN2O4. The summed E-state index contributed by atoms with van der Waals surface area (Å²) in [7, 11) is 0. The molecule has 0 bridgehead atoms. The highest BCUT2D eigenvalue weighted by molar-refractivity contribution is 6.30. The summed E-state index contributed by atoms with van der Waals surface area (Å²) in [5.74, 6) is 2.50. The molecule has 1 aromatic carbocycles. The second-order valence-electron chi connectivity index (χ2n) is 7.12. The zero-order valence-electron chi connectivity index (χ0n) is 16.3. The fraction of sp³-hybridized carbons (Fsp3) is 0.524. The van der Waals surface area contributed by atoms with Crippen molar-refractivity contribution < 1.29 is 19.0 Å². The molecule has 1 N–H and O–H groups in total. The van der Waals surface area contributed by atoms with Gasteiger partial charge in [-0.05, 0) is 43.3 Å². The zero-order valence-corrected chi connectivity index (χ0v) is 17.1. The van der Waals surface area contributed by atoms with Gasteiger partial charge in [-0.2, -0.15) is 0 Å². The molecule has 0 spiro atoms. The Balaban J connectivity index is 1.51. The predicted octanol–water partition coefficient (Wildman–Crippen LogP) is 2.82. The molecule has 1 atom stereocenters. The van der Waals surface area contributed by atoms with Crippen molar-refractivity contribution in [1.29, 1.82) is 0 Å². The molecule has 0 amide bonds. The number of aryl methyl sites for hydroxylation is 1. The highest BCUT2D eigenvalue weighted by Gasteiger charge is 2.17. The highest BCUT2D eigenvalue weighted by atomic mass is 35.5. The van der Waals surface area contributed by atoms with Crippen LogP contribution in [-0.2, 0) is 11.3 Å². The monoisotopic (exact) mass is 408 g/mol. The average molecular weight is 409 g/mol. The van der Waals surface area contributed by atoms with E-state index in [0.29, 0.717) is 23.9 Å². The first-order valence-electron chi connectivity index (χ1n) is 9.73. The summed E-state index contributed by atoms with van der Waals surface area (Å²) in [6.45, 7) is 8.61. The Morgan fingerprint density at radius 2 is 1.93 bits per heavy atom. The highest BCUT2D eigenvalue weighted by Crippen LogP contribution is 2.16. The van der Waals surface area contributed by atoms with E-state index in [-0.39, 0.29) is 6.61 Å². The Kier molecular flexibility index (Phi) is 8.18. The molecule has 1 aromatic heterocycles. The molecule has 1 saturated heterocycles. The van der Waals surface area contributed by atoms with Crippen molar-refractivity contribution in [2.24, 2.45) is 0 Å². The van der Waals surface area contributed by atoms with Crippen LogP contribution in [-0.4, -0.2) is 73.6 Å². The van der Waals surface area contributed by atoms with Crippen LogP contribution < -0.4 is 4.74 Å². The summed E-state index contributed by atoms with van der Waals surface area (Å²) in [5, 5.41) is 11.2. The minimum atomic E-state index is -0.601. The van der Waals surface area contributed by atoms with E-state index in [0.717, 1.165) is 50.9 Å². The van der Waals surface area contributed by atoms with Gasteiger partial charge in [0.15, 0.2) is 0 Å². The van der Waals surface area contributed by atoms with Gasteiger partial charge in [0.1, 0.15) is 30.0 Å². The molecular weight excluding hydrogens is 380 g/mol. The van der Waals surface area contributed by atoms with Crippen molar-refractivity contribution >= 4 is 11.6 Å². The smallest absolute Gasteiger partial charge is 0.119 e. The van der Waals surface area contributed by atoms with Gasteiger partial charge >= 0.3 is 0 Å². The van der Waals surface area contributed by atoms with Crippen LogP contribution in [0.1, 0.15) is 11.5 Å². The third kappa shape index (κ3) is 7.11. The third-order valence-electron chi connectivity index (χ3n) is 4.74. The number of hydrogen-bond acceptors (Lipinski definition) is 6. The fourth-order valence-corrected chi connectivity index (χ4v) is 3.33. The van der Waals surface area contributed by atoms with E-state index in [4.69, 9.17) is 25.5 Å². The Morgan fingerprint density at radius 3 is 2.61 bits per heavy atom.